The van der Waals surface area contributed by atoms with E-state index in [1.807, 2.05) is 23.1 Å². The van der Waals surface area contributed by atoms with E-state index >= 15 is 0 Å². The quantitative estimate of drug-likeness (QED) is 0.871. The molecule has 24 heavy (non-hydrogen) atoms. The van der Waals surface area contributed by atoms with Crippen LogP contribution in [-0.4, -0.2) is 54.0 Å². The third-order valence-corrected chi connectivity index (χ3v) is 5.20. The molecule has 5 heteroatoms. The lowest BCUT2D eigenvalue weighted by Crippen LogP contribution is -2.59. The van der Waals surface area contributed by atoms with Crippen LogP contribution < -0.4 is 5.32 Å². The minimum atomic E-state index is -0.395. The lowest BCUT2D eigenvalue weighted by Gasteiger charge is -2.48. The minimum absolute atomic E-state index is 0.0175. The van der Waals surface area contributed by atoms with Gasteiger partial charge in [0.1, 0.15) is 0 Å². The van der Waals surface area contributed by atoms with Gasteiger partial charge in [0, 0.05) is 19.0 Å². The van der Waals surface area contributed by atoms with Gasteiger partial charge in [-0.3, -0.25) is 0 Å². The summed E-state index contributed by atoms with van der Waals surface area (Å²) in [5.41, 5.74) is 1.07. The Bertz CT molecular complexity index is 543. The van der Waals surface area contributed by atoms with Crippen molar-refractivity contribution in [3.63, 3.8) is 0 Å². The highest BCUT2D eigenvalue weighted by Crippen LogP contribution is 2.38. The summed E-state index contributed by atoms with van der Waals surface area (Å²) in [5, 5.41) is 12.8. The maximum atomic E-state index is 12.5. The Morgan fingerprint density at radius 3 is 2.75 bits per heavy atom. The summed E-state index contributed by atoms with van der Waals surface area (Å²) in [6, 6.07) is 10.1. The fourth-order valence-corrected chi connectivity index (χ4v) is 3.69. The number of nitrogens with one attached hydrogen (secondary N) is 1. The van der Waals surface area contributed by atoms with Crippen LogP contribution in [0.5, 0.6) is 0 Å². The summed E-state index contributed by atoms with van der Waals surface area (Å²) in [5.74, 6) is 0.119. The number of nitrogens with zero attached hydrogens (tertiary/aromatic N) is 1. The molecule has 1 aliphatic heterocycles. The van der Waals surface area contributed by atoms with Gasteiger partial charge in [0.2, 0.25) is 0 Å². The Morgan fingerprint density at radius 1 is 1.38 bits per heavy atom. The molecule has 2 N–H and O–H groups in total. The largest absolute Gasteiger partial charge is 0.393 e. The zero-order chi connectivity index (χ0) is 17.0. The fraction of sp³-hybridized carbons (Fsp3) is 0.632. The van der Waals surface area contributed by atoms with Gasteiger partial charge in [-0.2, -0.15) is 0 Å². The fourth-order valence-electron chi connectivity index (χ4n) is 3.69. The van der Waals surface area contributed by atoms with Crippen molar-refractivity contribution in [1.29, 1.82) is 0 Å². The number of carbonyl (C=O) groups excluding carboxylic acids is 1. The summed E-state index contributed by atoms with van der Waals surface area (Å²) in [6.07, 6.45) is 3.56. The molecule has 0 aromatic heterocycles. The van der Waals surface area contributed by atoms with Gasteiger partial charge in [0.15, 0.2) is 0 Å². The number of urea groups is 1. The second-order valence-electron chi connectivity index (χ2n) is 7.18. The average Bonchev–Trinajstić information content (AvgIpc) is 2.57. The first-order valence-corrected chi connectivity index (χ1v) is 8.98. The number of carbonyl (C=O) groups is 1. The Balaban J connectivity index is 1.56. The highest BCUT2D eigenvalue weighted by molar-refractivity contribution is 5.74. The van der Waals surface area contributed by atoms with E-state index in [0.29, 0.717) is 32.7 Å². The van der Waals surface area contributed by atoms with E-state index in [1.54, 1.807) is 6.92 Å². The third-order valence-electron chi connectivity index (χ3n) is 5.20. The summed E-state index contributed by atoms with van der Waals surface area (Å²) < 4.78 is 5.87. The molecule has 132 valence electrons. The second-order valence-corrected chi connectivity index (χ2v) is 7.18. The van der Waals surface area contributed by atoms with Crippen LogP contribution in [0, 0.1) is 0 Å². The molecule has 2 atom stereocenters. The molecule has 0 bridgehead atoms. The van der Waals surface area contributed by atoms with Crippen LogP contribution >= 0.6 is 0 Å². The maximum absolute atomic E-state index is 12.5. The molecule has 1 spiro atoms. The van der Waals surface area contributed by atoms with Crippen LogP contribution in [0.2, 0.25) is 0 Å². The van der Waals surface area contributed by atoms with Crippen molar-refractivity contribution >= 4 is 6.03 Å². The zero-order valence-electron chi connectivity index (χ0n) is 14.4. The second kappa shape index (κ2) is 7.53. The molecule has 3 rings (SSSR count). The Morgan fingerprint density at radius 2 is 2.12 bits per heavy atom. The number of amides is 2. The molecule has 1 aromatic rings. The smallest absolute Gasteiger partial charge is 0.317 e. The highest BCUT2D eigenvalue weighted by Gasteiger charge is 2.43. The van der Waals surface area contributed by atoms with Crippen LogP contribution in [0.3, 0.4) is 0 Å². The molecule has 2 unspecified atom stereocenters. The van der Waals surface area contributed by atoms with Gasteiger partial charge < -0.3 is 20.1 Å². The molecular weight excluding hydrogens is 304 g/mol. The number of benzene rings is 1. The molecule has 1 aromatic carbocycles. The Labute approximate surface area is 144 Å². The molecule has 5 nitrogen and oxygen atoms in total. The minimum Gasteiger partial charge on any atom is -0.393 e. The molecule has 1 saturated heterocycles. The number of ether oxygens (including phenoxy) is 1. The predicted molar refractivity (Wildman–Crippen MR) is 93.0 cm³/mol. The standard InChI is InChI=1S/C19H28N2O3/c1-15(22)12-17(16-6-3-2-4-7-16)13-20-18(23)21-10-11-24-19(14-21)8-5-9-19/h2-4,6-7,15,17,22H,5,8-14H2,1H3,(H,20,23). The van der Waals surface area contributed by atoms with Crippen molar-refractivity contribution in [3.8, 4) is 0 Å². The molecular formula is C19H28N2O3. The molecule has 1 heterocycles. The van der Waals surface area contributed by atoms with Gasteiger partial charge >= 0.3 is 6.03 Å². The van der Waals surface area contributed by atoms with Gasteiger partial charge in [0.25, 0.3) is 0 Å². The lowest BCUT2D eigenvalue weighted by atomic mass is 9.79. The number of aliphatic hydroxyl groups excluding tert-OH is 1. The van der Waals surface area contributed by atoms with Crippen molar-refractivity contribution < 1.29 is 14.6 Å². The third kappa shape index (κ3) is 4.08. The van der Waals surface area contributed by atoms with Gasteiger partial charge in [-0.25, -0.2) is 4.79 Å². The molecule has 2 aliphatic rings. The van der Waals surface area contributed by atoms with Crippen molar-refractivity contribution in [3.05, 3.63) is 35.9 Å². The molecule has 1 aliphatic carbocycles. The number of hydrogen-bond donors (Lipinski definition) is 2. The zero-order valence-corrected chi connectivity index (χ0v) is 14.4. The van der Waals surface area contributed by atoms with Crippen molar-refractivity contribution in [2.45, 2.75) is 50.2 Å². The van der Waals surface area contributed by atoms with Gasteiger partial charge in [-0.05, 0) is 38.2 Å². The molecule has 2 amide bonds. The van der Waals surface area contributed by atoms with E-state index in [2.05, 4.69) is 17.4 Å². The Kier molecular flexibility index (Phi) is 5.41. The van der Waals surface area contributed by atoms with Crippen molar-refractivity contribution in [2.24, 2.45) is 0 Å². The van der Waals surface area contributed by atoms with E-state index in [0.717, 1.165) is 18.4 Å². The normalized spacial score (nSPS) is 21.8. The first-order valence-electron chi connectivity index (χ1n) is 8.98. The van der Waals surface area contributed by atoms with Crippen LogP contribution in [0.4, 0.5) is 4.79 Å². The van der Waals surface area contributed by atoms with E-state index in [4.69, 9.17) is 4.74 Å². The highest BCUT2D eigenvalue weighted by atomic mass is 16.5. The number of hydrogen-bond acceptors (Lipinski definition) is 3. The number of morpholine rings is 1. The maximum Gasteiger partial charge on any atom is 0.317 e. The van der Waals surface area contributed by atoms with Crippen molar-refractivity contribution in [1.82, 2.24) is 10.2 Å². The summed E-state index contributed by atoms with van der Waals surface area (Å²) in [7, 11) is 0. The lowest BCUT2D eigenvalue weighted by molar-refractivity contribution is -0.141. The summed E-state index contributed by atoms with van der Waals surface area (Å²) in [4.78, 5) is 14.4. The average molecular weight is 332 g/mol. The van der Waals surface area contributed by atoms with Gasteiger partial charge in [-0.1, -0.05) is 30.3 Å². The molecule has 2 fully saturated rings. The van der Waals surface area contributed by atoms with E-state index < -0.39 is 6.10 Å². The number of rotatable bonds is 5. The van der Waals surface area contributed by atoms with E-state index in [1.165, 1.54) is 6.42 Å². The SMILES string of the molecule is CC(O)CC(CNC(=O)N1CCOC2(CCC2)C1)c1ccccc1. The van der Waals surface area contributed by atoms with Gasteiger partial charge in [-0.15, -0.1) is 0 Å². The summed E-state index contributed by atoms with van der Waals surface area (Å²) >= 11 is 0. The molecule has 0 radical (unpaired) electrons. The first-order chi connectivity index (χ1) is 11.6. The van der Waals surface area contributed by atoms with Crippen LogP contribution in [0.1, 0.15) is 44.1 Å². The van der Waals surface area contributed by atoms with Crippen molar-refractivity contribution in [2.75, 3.05) is 26.2 Å². The molecule has 1 saturated carbocycles. The summed E-state index contributed by atoms with van der Waals surface area (Å²) in [6.45, 7) is 4.31. The van der Waals surface area contributed by atoms with Crippen LogP contribution in [-0.2, 0) is 4.74 Å². The Hall–Kier alpha value is -1.59. The predicted octanol–water partition coefficient (Wildman–Crippen LogP) is 2.51. The van der Waals surface area contributed by atoms with E-state index in [-0.39, 0.29) is 17.6 Å². The monoisotopic (exact) mass is 332 g/mol. The number of aliphatic hydroxyl groups is 1. The van der Waals surface area contributed by atoms with Crippen LogP contribution in [0.25, 0.3) is 0 Å². The topological polar surface area (TPSA) is 61.8 Å². The van der Waals surface area contributed by atoms with E-state index in [9.17, 15) is 9.90 Å². The van der Waals surface area contributed by atoms with Gasteiger partial charge in [0.05, 0.1) is 24.9 Å². The van der Waals surface area contributed by atoms with Crippen LogP contribution in [0.15, 0.2) is 30.3 Å². The first kappa shape index (κ1) is 17.2.